The molecule has 1 aliphatic rings. The summed E-state index contributed by atoms with van der Waals surface area (Å²) in [6, 6.07) is 6.61. The van der Waals surface area contributed by atoms with E-state index in [0.29, 0.717) is 0 Å². The van der Waals surface area contributed by atoms with Gasteiger partial charge in [-0.3, -0.25) is 0 Å². The number of hydrogen-bond donors (Lipinski definition) is 2. The van der Waals surface area contributed by atoms with Gasteiger partial charge in [0.1, 0.15) is 0 Å². The maximum absolute atomic E-state index is 5.86. The molecule has 1 atom stereocenters. The summed E-state index contributed by atoms with van der Waals surface area (Å²) in [5, 5.41) is 3.33. The largest absolute Gasteiger partial charge is 0.383 e. The fourth-order valence-electron chi connectivity index (χ4n) is 1.71. The summed E-state index contributed by atoms with van der Waals surface area (Å²) in [4.78, 5) is 0. The number of benzene rings is 1. The van der Waals surface area contributed by atoms with Crippen molar-refractivity contribution in [3.63, 3.8) is 0 Å². The first-order chi connectivity index (χ1) is 5.77. The fourth-order valence-corrected chi connectivity index (χ4v) is 1.71. The van der Waals surface area contributed by atoms with Crippen molar-refractivity contribution in [1.29, 1.82) is 0 Å². The topological polar surface area (TPSA) is 38.0 Å². The average molecular weight is 162 g/mol. The Kier molecular flexibility index (Phi) is 1.77. The zero-order chi connectivity index (χ0) is 8.55. The molecule has 64 valence electrons. The molecule has 0 fully saturated rings. The number of nitrogens with two attached hydrogens (primary N) is 1. The highest BCUT2D eigenvalue weighted by molar-refractivity contribution is 5.56. The molecule has 1 aromatic carbocycles. The molecule has 0 saturated heterocycles. The molecule has 2 nitrogen and oxygen atoms in total. The normalized spacial score (nSPS) is 21.3. The first-order valence-corrected chi connectivity index (χ1v) is 4.35. The number of aryl methyl sites for hydroxylation is 1. The third-order valence-electron chi connectivity index (χ3n) is 2.43. The van der Waals surface area contributed by atoms with E-state index in [-0.39, 0.29) is 6.04 Å². The van der Waals surface area contributed by atoms with Crippen molar-refractivity contribution in [2.24, 2.45) is 5.73 Å². The van der Waals surface area contributed by atoms with Gasteiger partial charge in [0.25, 0.3) is 0 Å². The molecule has 0 bridgehead atoms. The molecule has 1 aromatic rings. The molecule has 1 aliphatic heterocycles. The third kappa shape index (κ3) is 1.18. The Morgan fingerprint density at radius 3 is 3.17 bits per heavy atom. The highest BCUT2D eigenvalue weighted by Gasteiger charge is 2.15. The SMILES string of the molecule is Cc1cccc2c1CC(N)CN2. The van der Waals surface area contributed by atoms with Gasteiger partial charge in [-0.05, 0) is 30.5 Å². The van der Waals surface area contributed by atoms with Crippen molar-refractivity contribution in [3.8, 4) is 0 Å². The molecular formula is C10H14N2. The first-order valence-electron chi connectivity index (χ1n) is 4.35. The molecule has 0 aromatic heterocycles. The molecule has 3 N–H and O–H groups in total. The smallest absolute Gasteiger partial charge is 0.0376 e. The minimum absolute atomic E-state index is 0.276. The second-order valence-electron chi connectivity index (χ2n) is 3.45. The molecule has 0 amide bonds. The Bertz CT molecular complexity index is 294. The van der Waals surface area contributed by atoms with Crippen LogP contribution in [0, 0.1) is 6.92 Å². The first kappa shape index (κ1) is 7.62. The summed E-state index contributed by atoms with van der Waals surface area (Å²) in [5.41, 5.74) is 9.84. The van der Waals surface area contributed by atoms with Crippen LogP contribution < -0.4 is 11.1 Å². The summed E-state index contributed by atoms with van der Waals surface area (Å²) in [7, 11) is 0. The van der Waals surface area contributed by atoms with Gasteiger partial charge in [-0.15, -0.1) is 0 Å². The summed E-state index contributed by atoms with van der Waals surface area (Å²) in [6.45, 7) is 3.04. The molecular weight excluding hydrogens is 148 g/mol. The molecule has 1 heterocycles. The lowest BCUT2D eigenvalue weighted by molar-refractivity contribution is 0.676. The molecule has 1 unspecified atom stereocenters. The molecule has 0 spiro atoms. The van der Waals surface area contributed by atoms with Crippen LogP contribution in [0.5, 0.6) is 0 Å². The van der Waals surface area contributed by atoms with E-state index in [4.69, 9.17) is 5.73 Å². The van der Waals surface area contributed by atoms with E-state index in [1.165, 1.54) is 16.8 Å². The second kappa shape index (κ2) is 2.79. The fraction of sp³-hybridized carbons (Fsp3) is 0.400. The maximum atomic E-state index is 5.86. The molecule has 2 heteroatoms. The van der Waals surface area contributed by atoms with Crippen LogP contribution in [0.4, 0.5) is 5.69 Å². The molecule has 0 saturated carbocycles. The zero-order valence-corrected chi connectivity index (χ0v) is 7.30. The Hall–Kier alpha value is -1.02. The van der Waals surface area contributed by atoms with Crippen molar-refractivity contribution < 1.29 is 0 Å². The molecule has 2 rings (SSSR count). The summed E-state index contributed by atoms with van der Waals surface area (Å²) < 4.78 is 0. The number of nitrogens with one attached hydrogen (secondary N) is 1. The maximum Gasteiger partial charge on any atom is 0.0376 e. The lowest BCUT2D eigenvalue weighted by atomic mass is 9.96. The van der Waals surface area contributed by atoms with Crippen molar-refractivity contribution in [2.75, 3.05) is 11.9 Å². The highest BCUT2D eigenvalue weighted by atomic mass is 14.9. The minimum Gasteiger partial charge on any atom is -0.383 e. The molecule has 0 radical (unpaired) electrons. The van der Waals surface area contributed by atoms with E-state index in [0.717, 1.165) is 13.0 Å². The van der Waals surface area contributed by atoms with Gasteiger partial charge in [0.05, 0.1) is 0 Å². The van der Waals surface area contributed by atoms with Crippen molar-refractivity contribution in [1.82, 2.24) is 0 Å². The van der Waals surface area contributed by atoms with Crippen LogP contribution in [0.2, 0.25) is 0 Å². The lowest BCUT2D eigenvalue weighted by Crippen LogP contribution is -2.35. The van der Waals surface area contributed by atoms with E-state index >= 15 is 0 Å². The molecule has 12 heavy (non-hydrogen) atoms. The van der Waals surface area contributed by atoms with Crippen LogP contribution in [0.25, 0.3) is 0 Å². The number of anilines is 1. The Balaban J connectivity index is 2.43. The van der Waals surface area contributed by atoms with Gasteiger partial charge in [-0.1, -0.05) is 12.1 Å². The predicted octanol–water partition coefficient (Wildman–Crippen LogP) is 1.29. The van der Waals surface area contributed by atoms with Gasteiger partial charge in [0, 0.05) is 18.3 Å². The van der Waals surface area contributed by atoms with E-state index in [1.54, 1.807) is 0 Å². The van der Waals surface area contributed by atoms with Gasteiger partial charge >= 0.3 is 0 Å². The van der Waals surface area contributed by atoms with Gasteiger partial charge in [0.2, 0.25) is 0 Å². The summed E-state index contributed by atoms with van der Waals surface area (Å²) in [6.07, 6.45) is 1.01. The average Bonchev–Trinajstić information content (AvgIpc) is 2.07. The van der Waals surface area contributed by atoms with Crippen LogP contribution in [0.15, 0.2) is 18.2 Å². The zero-order valence-electron chi connectivity index (χ0n) is 7.30. The van der Waals surface area contributed by atoms with E-state index < -0.39 is 0 Å². The summed E-state index contributed by atoms with van der Waals surface area (Å²) in [5.74, 6) is 0. The van der Waals surface area contributed by atoms with Crippen molar-refractivity contribution in [3.05, 3.63) is 29.3 Å². The van der Waals surface area contributed by atoms with Crippen molar-refractivity contribution >= 4 is 5.69 Å². The lowest BCUT2D eigenvalue weighted by Gasteiger charge is -2.24. The van der Waals surface area contributed by atoms with Crippen LogP contribution in [0.1, 0.15) is 11.1 Å². The molecule has 0 aliphatic carbocycles. The number of rotatable bonds is 0. The highest BCUT2D eigenvalue weighted by Crippen LogP contribution is 2.23. The van der Waals surface area contributed by atoms with Gasteiger partial charge < -0.3 is 11.1 Å². The monoisotopic (exact) mass is 162 g/mol. The van der Waals surface area contributed by atoms with Gasteiger partial charge in [-0.25, -0.2) is 0 Å². The number of fused-ring (bicyclic) bond motifs is 1. The van der Waals surface area contributed by atoms with Crippen LogP contribution in [-0.4, -0.2) is 12.6 Å². The Morgan fingerprint density at radius 1 is 1.50 bits per heavy atom. The van der Waals surface area contributed by atoms with Crippen molar-refractivity contribution in [2.45, 2.75) is 19.4 Å². The van der Waals surface area contributed by atoms with E-state index in [9.17, 15) is 0 Å². The number of hydrogen-bond acceptors (Lipinski definition) is 2. The minimum atomic E-state index is 0.276. The second-order valence-corrected chi connectivity index (χ2v) is 3.45. The van der Waals surface area contributed by atoms with Crippen LogP contribution in [-0.2, 0) is 6.42 Å². The van der Waals surface area contributed by atoms with Crippen LogP contribution in [0.3, 0.4) is 0 Å². The summed E-state index contributed by atoms with van der Waals surface area (Å²) >= 11 is 0. The van der Waals surface area contributed by atoms with Gasteiger partial charge in [-0.2, -0.15) is 0 Å². The standard InChI is InChI=1S/C10H14N2/c1-7-3-2-4-10-9(7)5-8(11)6-12-10/h2-4,8,12H,5-6,11H2,1H3. The third-order valence-corrected chi connectivity index (χ3v) is 2.43. The van der Waals surface area contributed by atoms with Crippen LogP contribution >= 0.6 is 0 Å². The predicted molar refractivity (Wildman–Crippen MR) is 51.3 cm³/mol. The quantitative estimate of drug-likeness (QED) is 0.603. The Morgan fingerprint density at radius 2 is 2.33 bits per heavy atom. The Labute approximate surface area is 72.8 Å². The van der Waals surface area contributed by atoms with E-state index in [2.05, 4.69) is 30.4 Å². The van der Waals surface area contributed by atoms with Gasteiger partial charge in [0.15, 0.2) is 0 Å². The van der Waals surface area contributed by atoms with E-state index in [1.807, 2.05) is 0 Å².